The topological polar surface area (TPSA) is 0 Å². The van der Waals surface area contributed by atoms with E-state index in [-0.39, 0.29) is 0 Å². The number of aryl methyl sites for hydroxylation is 2. The fraction of sp³-hybridized carbons (Fsp3) is 0.300. The van der Waals surface area contributed by atoms with Gasteiger partial charge in [0.1, 0.15) is 0 Å². The summed E-state index contributed by atoms with van der Waals surface area (Å²) in [5.41, 5.74) is 8.40. The van der Waals surface area contributed by atoms with Gasteiger partial charge in [-0.1, -0.05) is 55.8 Å². The lowest BCUT2D eigenvalue weighted by Gasteiger charge is -2.17. The van der Waals surface area contributed by atoms with Crippen molar-refractivity contribution in [1.29, 1.82) is 0 Å². The van der Waals surface area contributed by atoms with E-state index >= 15 is 0 Å². The van der Waals surface area contributed by atoms with E-state index in [0.717, 1.165) is 12.8 Å². The van der Waals surface area contributed by atoms with Gasteiger partial charge in [0.2, 0.25) is 0 Å². The van der Waals surface area contributed by atoms with Gasteiger partial charge in [0, 0.05) is 4.47 Å². The molecular formula is C20H21Br. The Morgan fingerprint density at radius 3 is 2.81 bits per heavy atom. The summed E-state index contributed by atoms with van der Waals surface area (Å²) >= 11 is 3.88. The van der Waals surface area contributed by atoms with E-state index < -0.39 is 0 Å². The van der Waals surface area contributed by atoms with Crippen molar-refractivity contribution in [2.75, 3.05) is 0 Å². The number of benzene rings is 2. The molecule has 0 N–H and O–H groups in total. The van der Waals surface area contributed by atoms with E-state index in [4.69, 9.17) is 0 Å². The number of hydrogen-bond acceptors (Lipinski definition) is 0. The van der Waals surface area contributed by atoms with Crippen LogP contribution in [0.4, 0.5) is 0 Å². The number of allylic oxidation sites excluding steroid dienone is 1. The van der Waals surface area contributed by atoms with E-state index in [2.05, 4.69) is 72.3 Å². The molecule has 0 unspecified atom stereocenters. The monoisotopic (exact) mass is 340 g/mol. The molecule has 3 rings (SSSR count). The third-order valence-electron chi connectivity index (χ3n) is 4.31. The summed E-state index contributed by atoms with van der Waals surface area (Å²) in [5, 5.41) is 0. The van der Waals surface area contributed by atoms with Gasteiger partial charge >= 0.3 is 0 Å². The summed E-state index contributed by atoms with van der Waals surface area (Å²) in [6.45, 7) is 4.48. The molecule has 1 heteroatoms. The molecule has 0 nitrogen and oxygen atoms in total. The molecular weight excluding hydrogens is 320 g/mol. The summed E-state index contributed by atoms with van der Waals surface area (Å²) in [7, 11) is 0. The Morgan fingerprint density at radius 1 is 1.19 bits per heavy atom. The van der Waals surface area contributed by atoms with Crippen molar-refractivity contribution in [3.63, 3.8) is 0 Å². The molecule has 0 aliphatic heterocycles. The number of halogens is 1. The second-order valence-electron chi connectivity index (χ2n) is 5.82. The lowest BCUT2D eigenvalue weighted by molar-refractivity contribution is 0.796. The lowest BCUT2D eigenvalue weighted by atomic mass is 9.91. The number of unbranched alkanes of at least 4 members (excludes halogenated alkanes) is 1. The molecule has 0 atom stereocenters. The summed E-state index contributed by atoms with van der Waals surface area (Å²) in [4.78, 5) is 0. The average molecular weight is 341 g/mol. The Bertz CT molecular complexity index is 695. The van der Waals surface area contributed by atoms with Crippen LogP contribution in [0.2, 0.25) is 0 Å². The van der Waals surface area contributed by atoms with E-state index in [1.807, 2.05) is 0 Å². The molecule has 1 aliphatic rings. The third kappa shape index (κ3) is 2.72. The van der Waals surface area contributed by atoms with Gasteiger partial charge in [-0.15, -0.1) is 0 Å². The minimum absolute atomic E-state index is 1.04. The maximum atomic E-state index is 3.88. The molecule has 0 heterocycles. The van der Waals surface area contributed by atoms with Crippen LogP contribution in [-0.4, -0.2) is 0 Å². The van der Waals surface area contributed by atoms with Gasteiger partial charge in [-0.05, 0) is 75.5 Å². The molecule has 1 aliphatic carbocycles. The summed E-state index contributed by atoms with van der Waals surface area (Å²) in [5.74, 6) is 0. The van der Waals surface area contributed by atoms with Crippen molar-refractivity contribution in [3.05, 3.63) is 63.1 Å². The first kappa shape index (κ1) is 14.6. The van der Waals surface area contributed by atoms with Gasteiger partial charge in [-0.2, -0.15) is 0 Å². The maximum Gasteiger partial charge on any atom is 0.0297 e. The molecule has 0 bridgehead atoms. The van der Waals surface area contributed by atoms with Crippen molar-refractivity contribution >= 4 is 22.0 Å². The zero-order chi connectivity index (χ0) is 14.8. The fourth-order valence-electron chi connectivity index (χ4n) is 3.18. The van der Waals surface area contributed by atoms with Gasteiger partial charge in [0.15, 0.2) is 0 Å². The molecule has 0 fully saturated rings. The minimum atomic E-state index is 1.04. The Kier molecular flexibility index (Phi) is 4.30. The summed E-state index contributed by atoms with van der Waals surface area (Å²) in [6.07, 6.45) is 9.18. The standard InChI is InChI=1S/C20H21Br/c1-3-4-8-15-9-5-6-11-17(15)19-14(2)13-16-10-7-12-18(16)20(19)21/h5-7,9-11,13H,3-4,8,12H2,1-2H3. The van der Waals surface area contributed by atoms with E-state index in [9.17, 15) is 0 Å². The van der Waals surface area contributed by atoms with E-state index in [1.165, 1.54) is 50.7 Å². The van der Waals surface area contributed by atoms with Gasteiger partial charge in [0.25, 0.3) is 0 Å². The lowest BCUT2D eigenvalue weighted by Crippen LogP contribution is -1.96. The van der Waals surface area contributed by atoms with E-state index in [0.29, 0.717) is 0 Å². The highest BCUT2D eigenvalue weighted by Gasteiger charge is 2.18. The second-order valence-corrected chi connectivity index (χ2v) is 6.61. The van der Waals surface area contributed by atoms with Crippen LogP contribution in [0.25, 0.3) is 17.2 Å². The molecule has 0 aromatic heterocycles. The Labute approximate surface area is 136 Å². The third-order valence-corrected chi connectivity index (χ3v) is 5.18. The fourth-order valence-corrected chi connectivity index (χ4v) is 4.10. The summed E-state index contributed by atoms with van der Waals surface area (Å²) in [6, 6.07) is 11.2. The van der Waals surface area contributed by atoms with Crippen LogP contribution in [0.1, 0.15) is 42.0 Å². The smallest absolute Gasteiger partial charge is 0.0297 e. The van der Waals surface area contributed by atoms with E-state index in [1.54, 1.807) is 0 Å². The van der Waals surface area contributed by atoms with Gasteiger partial charge < -0.3 is 0 Å². The first-order valence-electron chi connectivity index (χ1n) is 7.79. The number of rotatable bonds is 4. The van der Waals surface area contributed by atoms with Crippen molar-refractivity contribution in [2.45, 2.75) is 39.5 Å². The van der Waals surface area contributed by atoms with Crippen LogP contribution in [0.5, 0.6) is 0 Å². The normalized spacial score (nSPS) is 12.7. The van der Waals surface area contributed by atoms with Crippen molar-refractivity contribution in [1.82, 2.24) is 0 Å². The Hall–Kier alpha value is -1.34. The molecule has 0 saturated carbocycles. The van der Waals surface area contributed by atoms with Crippen LogP contribution >= 0.6 is 15.9 Å². The Morgan fingerprint density at radius 2 is 2.00 bits per heavy atom. The summed E-state index contributed by atoms with van der Waals surface area (Å²) < 4.78 is 1.28. The molecule has 2 aromatic carbocycles. The highest BCUT2D eigenvalue weighted by atomic mass is 79.9. The predicted molar refractivity (Wildman–Crippen MR) is 95.7 cm³/mol. The van der Waals surface area contributed by atoms with Crippen molar-refractivity contribution in [2.24, 2.45) is 0 Å². The quantitative estimate of drug-likeness (QED) is 0.609. The SMILES string of the molecule is CCCCc1ccccc1-c1c(C)cc2c(c1Br)CC=C2. The molecule has 2 aromatic rings. The van der Waals surface area contributed by atoms with Crippen LogP contribution in [0, 0.1) is 6.92 Å². The molecule has 0 saturated heterocycles. The molecule has 0 amide bonds. The zero-order valence-electron chi connectivity index (χ0n) is 12.7. The molecule has 21 heavy (non-hydrogen) atoms. The van der Waals surface area contributed by atoms with Crippen molar-refractivity contribution < 1.29 is 0 Å². The predicted octanol–water partition coefficient (Wildman–Crippen LogP) is 6.34. The zero-order valence-corrected chi connectivity index (χ0v) is 14.3. The minimum Gasteiger partial charge on any atom is -0.0795 e. The highest BCUT2D eigenvalue weighted by molar-refractivity contribution is 9.10. The maximum absolute atomic E-state index is 3.88. The van der Waals surface area contributed by atoms with Crippen LogP contribution in [-0.2, 0) is 12.8 Å². The largest absolute Gasteiger partial charge is 0.0795 e. The van der Waals surface area contributed by atoms with Crippen LogP contribution in [0.3, 0.4) is 0 Å². The van der Waals surface area contributed by atoms with Crippen LogP contribution < -0.4 is 0 Å². The highest BCUT2D eigenvalue weighted by Crippen LogP contribution is 2.40. The molecule has 0 radical (unpaired) electrons. The van der Waals surface area contributed by atoms with Gasteiger partial charge in [-0.25, -0.2) is 0 Å². The second kappa shape index (κ2) is 6.19. The number of fused-ring (bicyclic) bond motifs is 1. The first-order valence-corrected chi connectivity index (χ1v) is 8.58. The molecule has 0 spiro atoms. The number of hydrogen-bond donors (Lipinski definition) is 0. The average Bonchev–Trinajstić information content (AvgIpc) is 2.94. The first-order chi connectivity index (χ1) is 10.2. The van der Waals surface area contributed by atoms with Gasteiger partial charge in [0.05, 0.1) is 0 Å². The Balaban J connectivity index is 2.14. The van der Waals surface area contributed by atoms with Crippen molar-refractivity contribution in [3.8, 4) is 11.1 Å². The van der Waals surface area contributed by atoms with Gasteiger partial charge in [-0.3, -0.25) is 0 Å². The molecule has 108 valence electrons. The van der Waals surface area contributed by atoms with Crippen LogP contribution in [0.15, 0.2) is 40.9 Å².